The van der Waals surface area contributed by atoms with Crippen molar-refractivity contribution < 1.29 is 14.3 Å². The molecule has 0 aliphatic carbocycles. The predicted molar refractivity (Wildman–Crippen MR) is 90.1 cm³/mol. The molecule has 0 aromatic carbocycles. The molecule has 0 saturated carbocycles. The molecule has 0 fully saturated rings. The third-order valence-corrected chi connectivity index (χ3v) is 4.06. The molecule has 0 amide bonds. The van der Waals surface area contributed by atoms with Crippen LogP contribution in [0.15, 0.2) is 22.6 Å². The largest absolute Gasteiger partial charge is 0.481 e. The molecule has 0 radical (unpaired) electrons. The van der Waals surface area contributed by atoms with Gasteiger partial charge in [-0.2, -0.15) is 0 Å². The maximum atomic E-state index is 10.9. The van der Waals surface area contributed by atoms with E-state index in [4.69, 9.17) is 9.52 Å². The van der Waals surface area contributed by atoms with Crippen LogP contribution in [0.1, 0.15) is 64.0 Å². The second-order valence-corrected chi connectivity index (χ2v) is 6.13. The van der Waals surface area contributed by atoms with Crippen molar-refractivity contribution in [2.24, 2.45) is 11.8 Å². The summed E-state index contributed by atoms with van der Waals surface area (Å²) < 4.78 is 5.78. The van der Waals surface area contributed by atoms with Crippen molar-refractivity contribution in [3.63, 3.8) is 0 Å². The quantitative estimate of drug-likeness (QED) is 0.617. The second-order valence-electron chi connectivity index (χ2n) is 6.13. The van der Waals surface area contributed by atoms with Crippen molar-refractivity contribution in [1.82, 2.24) is 0 Å². The fourth-order valence-electron chi connectivity index (χ4n) is 2.87. The van der Waals surface area contributed by atoms with Gasteiger partial charge in [-0.05, 0) is 49.1 Å². The smallest absolute Gasteiger partial charge is 0.311 e. The molecule has 0 bridgehead atoms. The average molecular weight is 306 g/mol. The summed E-state index contributed by atoms with van der Waals surface area (Å²) in [4.78, 5) is 10.9. The fraction of sp³-hybridized carbons (Fsp3) is 0.632. The Balaban J connectivity index is 2.67. The van der Waals surface area contributed by atoms with Gasteiger partial charge >= 0.3 is 5.97 Å². The molecule has 1 aromatic heterocycles. The number of furan rings is 1. The zero-order chi connectivity index (χ0) is 16.5. The van der Waals surface area contributed by atoms with Crippen LogP contribution in [0.2, 0.25) is 0 Å². The minimum Gasteiger partial charge on any atom is -0.481 e. The van der Waals surface area contributed by atoms with E-state index in [1.54, 1.807) is 0 Å². The lowest BCUT2D eigenvalue weighted by atomic mass is 9.90. The minimum atomic E-state index is -0.834. The molecule has 124 valence electrons. The molecule has 0 aliphatic rings. The summed E-state index contributed by atoms with van der Waals surface area (Å²) in [6.45, 7) is 8.66. The van der Waals surface area contributed by atoms with Crippen LogP contribution in [0.25, 0.3) is 0 Å². The molecule has 2 atom stereocenters. The molecular formula is C19H30O3. The number of allylic oxidation sites excluding steroid dienone is 2. The zero-order valence-electron chi connectivity index (χ0n) is 14.4. The molecule has 3 heteroatoms. The average Bonchev–Trinajstić information content (AvgIpc) is 2.83. The Morgan fingerprint density at radius 1 is 1.36 bits per heavy atom. The van der Waals surface area contributed by atoms with Gasteiger partial charge in [0.25, 0.3) is 0 Å². The second kappa shape index (κ2) is 9.50. The van der Waals surface area contributed by atoms with Gasteiger partial charge in [-0.1, -0.05) is 39.8 Å². The molecule has 0 spiro atoms. The van der Waals surface area contributed by atoms with Crippen LogP contribution < -0.4 is 0 Å². The maximum Gasteiger partial charge on any atom is 0.311 e. The van der Waals surface area contributed by atoms with Crippen molar-refractivity contribution in [2.75, 3.05) is 0 Å². The monoisotopic (exact) mass is 306 g/mol. The first kappa shape index (κ1) is 18.5. The van der Waals surface area contributed by atoms with Crippen LogP contribution in [0.5, 0.6) is 0 Å². The Kier molecular flexibility index (Phi) is 8.00. The van der Waals surface area contributed by atoms with E-state index in [0.717, 1.165) is 43.4 Å². The van der Waals surface area contributed by atoms with Crippen molar-refractivity contribution >= 4 is 5.97 Å². The highest BCUT2D eigenvalue weighted by molar-refractivity contribution is 5.69. The lowest BCUT2D eigenvalue weighted by Gasteiger charge is -2.15. The molecule has 1 heterocycles. The predicted octanol–water partition coefficient (Wildman–Crippen LogP) is 5.03. The van der Waals surface area contributed by atoms with Gasteiger partial charge in [0, 0.05) is 6.42 Å². The van der Waals surface area contributed by atoms with Crippen molar-refractivity contribution in [1.29, 1.82) is 0 Å². The van der Waals surface area contributed by atoms with Crippen molar-refractivity contribution in [2.45, 2.75) is 66.2 Å². The normalized spacial score (nSPS) is 14.4. The topological polar surface area (TPSA) is 50.4 Å². The minimum absolute atomic E-state index is 0.0195. The molecule has 0 aliphatic heterocycles. The van der Waals surface area contributed by atoms with Crippen LogP contribution in [-0.2, 0) is 24.1 Å². The van der Waals surface area contributed by atoms with Crippen LogP contribution in [-0.4, -0.2) is 11.1 Å². The van der Waals surface area contributed by atoms with E-state index in [0.29, 0.717) is 17.6 Å². The van der Waals surface area contributed by atoms with Crippen LogP contribution in [0.3, 0.4) is 0 Å². The van der Waals surface area contributed by atoms with E-state index < -0.39 is 5.97 Å². The van der Waals surface area contributed by atoms with E-state index in [1.807, 2.05) is 13.0 Å². The Labute approximate surface area is 134 Å². The van der Waals surface area contributed by atoms with Gasteiger partial charge in [0.05, 0.1) is 0 Å². The highest BCUT2D eigenvalue weighted by Gasteiger charge is 2.16. The SMILES string of the molecule is CC/C=C/[C@H](CC)C[C@@H](C)Cc1cc(CC)c(CC(=O)O)o1. The Morgan fingerprint density at radius 3 is 2.64 bits per heavy atom. The maximum absolute atomic E-state index is 10.9. The van der Waals surface area contributed by atoms with Crippen molar-refractivity contribution in [3.8, 4) is 0 Å². The lowest BCUT2D eigenvalue weighted by Crippen LogP contribution is -2.06. The number of aliphatic carboxylic acids is 1. The lowest BCUT2D eigenvalue weighted by molar-refractivity contribution is -0.136. The summed E-state index contributed by atoms with van der Waals surface area (Å²) in [6.07, 6.45) is 9.63. The summed E-state index contributed by atoms with van der Waals surface area (Å²) >= 11 is 0. The third kappa shape index (κ3) is 6.08. The molecule has 1 rings (SSSR count). The Hall–Kier alpha value is -1.51. The molecular weight excluding hydrogens is 276 g/mol. The van der Waals surface area contributed by atoms with Gasteiger partial charge in [0.2, 0.25) is 0 Å². The van der Waals surface area contributed by atoms with Crippen LogP contribution in [0.4, 0.5) is 0 Å². The van der Waals surface area contributed by atoms with Crippen LogP contribution in [0, 0.1) is 11.8 Å². The van der Waals surface area contributed by atoms with Gasteiger partial charge < -0.3 is 9.52 Å². The zero-order valence-corrected chi connectivity index (χ0v) is 14.4. The van der Waals surface area contributed by atoms with E-state index in [9.17, 15) is 4.79 Å². The van der Waals surface area contributed by atoms with Gasteiger partial charge in [-0.25, -0.2) is 0 Å². The first-order valence-corrected chi connectivity index (χ1v) is 8.48. The highest BCUT2D eigenvalue weighted by Crippen LogP contribution is 2.24. The first-order valence-electron chi connectivity index (χ1n) is 8.48. The molecule has 0 unspecified atom stereocenters. The van der Waals surface area contributed by atoms with Gasteiger partial charge in [-0.15, -0.1) is 0 Å². The van der Waals surface area contributed by atoms with Crippen molar-refractivity contribution in [3.05, 3.63) is 35.3 Å². The number of rotatable bonds is 10. The Morgan fingerprint density at radius 2 is 2.09 bits per heavy atom. The van der Waals surface area contributed by atoms with E-state index >= 15 is 0 Å². The van der Waals surface area contributed by atoms with Gasteiger partial charge in [-0.3, -0.25) is 4.79 Å². The number of hydrogen-bond acceptors (Lipinski definition) is 2. The standard InChI is InChI=1S/C19H30O3/c1-5-8-9-15(6-2)10-14(4)11-17-12-16(7-3)18(22-17)13-19(20)21/h8-9,12,14-15H,5-7,10-11,13H2,1-4H3,(H,20,21)/b9-8+/t14-,15+/m1/s1. The number of hydrogen-bond donors (Lipinski definition) is 1. The molecule has 1 N–H and O–H groups in total. The number of aryl methyl sites for hydroxylation is 1. The molecule has 3 nitrogen and oxygen atoms in total. The van der Waals surface area contributed by atoms with Gasteiger partial charge in [0.1, 0.15) is 17.9 Å². The third-order valence-electron chi connectivity index (χ3n) is 4.06. The summed E-state index contributed by atoms with van der Waals surface area (Å²) in [5, 5.41) is 8.94. The van der Waals surface area contributed by atoms with E-state index in [1.165, 1.54) is 0 Å². The van der Waals surface area contributed by atoms with E-state index in [-0.39, 0.29) is 6.42 Å². The number of carbonyl (C=O) groups is 1. The van der Waals surface area contributed by atoms with Crippen LogP contribution >= 0.6 is 0 Å². The molecule has 1 aromatic rings. The Bertz CT molecular complexity index is 485. The molecule has 22 heavy (non-hydrogen) atoms. The fourth-order valence-corrected chi connectivity index (χ4v) is 2.87. The summed E-state index contributed by atoms with van der Waals surface area (Å²) in [6, 6.07) is 2.04. The summed E-state index contributed by atoms with van der Waals surface area (Å²) in [5.74, 6) is 1.86. The van der Waals surface area contributed by atoms with Gasteiger partial charge in [0.15, 0.2) is 0 Å². The molecule has 0 saturated heterocycles. The highest BCUT2D eigenvalue weighted by atomic mass is 16.4. The summed E-state index contributed by atoms with van der Waals surface area (Å²) in [5.41, 5.74) is 1.03. The van der Waals surface area contributed by atoms with E-state index in [2.05, 4.69) is 32.9 Å². The first-order chi connectivity index (χ1) is 10.5. The number of carboxylic acids is 1. The summed E-state index contributed by atoms with van der Waals surface area (Å²) in [7, 11) is 0. The number of carboxylic acid groups (broad SMARTS) is 1.